The highest BCUT2D eigenvalue weighted by Crippen LogP contribution is 2.30. The Labute approximate surface area is 125 Å². The van der Waals surface area contributed by atoms with Crippen LogP contribution in [0.2, 0.25) is 0 Å². The van der Waals surface area contributed by atoms with Crippen LogP contribution in [0.5, 0.6) is 0 Å². The second-order valence-corrected chi connectivity index (χ2v) is 6.36. The van der Waals surface area contributed by atoms with Gasteiger partial charge in [0.1, 0.15) is 5.60 Å². The lowest BCUT2D eigenvalue weighted by molar-refractivity contribution is 0.0635. The lowest BCUT2D eigenvalue weighted by atomic mass is 10.2. The van der Waals surface area contributed by atoms with E-state index < -0.39 is 11.7 Å². The molecule has 0 saturated heterocycles. The summed E-state index contributed by atoms with van der Waals surface area (Å²) < 4.78 is 5.96. The van der Waals surface area contributed by atoms with E-state index in [0.29, 0.717) is 11.6 Å². The summed E-state index contributed by atoms with van der Waals surface area (Å²) in [7, 11) is 0. The van der Waals surface area contributed by atoms with E-state index in [-0.39, 0.29) is 0 Å². The van der Waals surface area contributed by atoms with Gasteiger partial charge in [-0.1, -0.05) is 0 Å². The second kappa shape index (κ2) is 4.97. The van der Waals surface area contributed by atoms with Crippen LogP contribution < -0.4 is 11.1 Å². The molecule has 0 spiro atoms. The molecule has 20 heavy (non-hydrogen) atoms. The lowest BCUT2D eigenvalue weighted by Gasteiger charge is -2.18. The van der Waals surface area contributed by atoms with Gasteiger partial charge in [-0.3, -0.25) is 5.32 Å². The van der Waals surface area contributed by atoms with Gasteiger partial charge < -0.3 is 15.5 Å². The Balaban J connectivity index is 2.29. The maximum Gasteiger partial charge on any atom is 0.414 e. The van der Waals surface area contributed by atoms with Crippen molar-refractivity contribution in [2.75, 3.05) is 11.1 Å². The number of nitrogens with one attached hydrogen (secondary N) is 2. The van der Waals surface area contributed by atoms with Crippen molar-refractivity contribution in [3.63, 3.8) is 0 Å². The van der Waals surface area contributed by atoms with Crippen molar-refractivity contribution in [1.29, 1.82) is 0 Å². The van der Waals surface area contributed by atoms with Gasteiger partial charge in [0.25, 0.3) is 0 Å². The number of hydrogen-bond acceptors (Lipinski definition) is 4. The first-order valence-corrected chi connectivity index (χ1v) is 6.91. The molecule has 4 N–H and O–H groups in total. The normalized spacial score (nSPS) is 11.7. The van der Waals surface area contributed by atoms with Gasteiger partial charge in [-0.15, -0.1) is 0 Å². The number of aryl methyl sites for hydroxylation is 1. The molecular formula is C13H17BrN4O2. The van der Waals surface area contributed by atoms with Gasteiger partial charge in [-0.05, 0) is 49.7 Å². The molecule has 108 valence electrons. The van der Waals surface area contributed by atoms with Crippen LogP contribution in [0.25, 0.3) is 11.0 Å². The summed E-state index contributed by atoms with van der Waals surface area (Å²) in [5, 5.41) is 2.57. The van der Waals surface area contributed by atoms with Crippen LogP contribution in [0.15, 0.2) is 10.5 Å². The molecule has 6 nitrogen and oxygen atoms in total. The highest BCUT2D eigenvalue weighted by Gasteiger charge is 2.18. The predicted octanol–water partition coefficient (Wildman–Crippen LogP) is 3.56. The summed E-state index contributed by atoms with van der Waals surface area (Å²) in [5.74, 6) is 0.329. The number of anilines is 2. The number of nitrogens with two attached hydrogens (primary N) is 1. The average molecular weight is 341 g/mol. The third kappa shape index (κ3) is 3.04. The Kier molecular flexibility index (Phi) is 3.64. The molecule has 1 aromatic heterocycles. The number of H-pyrrole nitrogens is 1. The van der Waals surface area contributed by atoms with Gasteiger partial charge in [-0.25, -0.2) is 9.78 Å². The number of amides is 1. The number of carbonyl (C=O) groups is 1. The Morgan fingerprint density at radius 1 is 1.50 bits per heavy atom. The monoisotopic (exact) mass is 340 g/mol. The molecule has 0 bridgehead atoms. The third-order valence-electron chi connectivity index (χ3n) is 2.64. The van der Waals surface area contributed by atoms with Crippen LogP contribution in [0.3, 0.4) is 0 Å². The summed E-state index contributed by atoms with van der Waals surface area (Å²) in [6, 6.07) is 1.82. The molecule has 1 heterocycles. The number of nitrogen functional groups attached to an aromatic ring is 1. The minimum absolute atomic E-state index is 0.329. The number of nitrogens with zero attached hydrogens (tertiary/aromatic N) is 1. The van der Waals surface area contributed by atoms with Crippen molar-refractivity contribution in [3.05, 3.63) is 16.1 Å². The summed E-state index contributed by atoms with van der Waals surface area (Å²) in [6.45, 7) is 7.27. The average Bonchev–Trinajstić information content (AvgIpc) is 2.66. The Morgan fingerprint density at radius 3 is 2.75 bits per heavy atom. The molecule has 0 aliphatic heterocycles. The molecule has 0 aliphatic carbocycles. The maximum absolute atomic E-state index is 11.7. The molecule has 1 aromatic carbocycles. The molecule has 0 radical (unpaired) electrons. The maximum atomic E-state index is 11.7. The zero-order chi connectivity index (χ0) is 15.1. The van der Waals surface area contributed by atoms with Gasteiger partial charge in [-0.2, -0.15) is 0 Å². The third-order valence-corrected chi connectivity index (χ3v) is 3.29. The predicted molar refractivity (Wildman–Crippen MR) is 82.8 cm³/mol. The number of imidazole rings is 1. The first kappa shape index (κ1) is 14.6. The number of rotatable bonds is 1. The lowest BCUT2D eigenvalue weighted by Crippen LogP contribution is -2.27. The molecule has 1 amide bonds. The quantitative estimate of drug-likeness (QED) is 0.692. The van der Waals surface area contributed by atoms with E-state index >= 15 is 0 Å². The number of hydrogen-bond donors (Lipinski definition) is 3. The molecule has 2 rings (SSSR count). The van der Waals surface area contributed by atoms with Crippen molar-refractivity contribution in [2.24, 2.45) is 0 Å². The summed E-state index contributed by atoms with van der Waals surface area (Å²) in [6.07, 6.45) is -0.554. The minimum Gasteiger partial charge on any atom is -0.444 e. The second-order valence-electron chi connectivity index (χ2n) is 5.51. The number of aromatic amines is 1. The Hall–Kier alpha value is -1.76. The first-order chi connectivity index (χ1) is 9.17. The molecule has 0 unspecified atom stereocenters. The van der Waals surface area contributed by atoms with Gasteiger partial charge in [0, 0.05) is 10.0 Å². The van der Waals surface area contributed by atoms with Crippen molar-refractivity contribution < 1.29 is 9.53 Å². The number of benzene rings is 1. The fourth-order valence-corrected chi connectivity index (χ4v) is 2.27. The van der Waals surface area contributed by atoms with Crippen molar-refractivity contribution in [3.8, 4) is 0 Å². The van der Waals surface area contributed by atoms with Crippen LogP contribution in [-0.4, -0.2) is 21.7 Å². The zero-order valence-electron chi connectivity index (χ0n) is 11.8. The molecule has 0 fully saturated rings. The molecular weight excluding hydrogens is 324 g/mol. The zero-order valence-corrected chi connectivity index (χ0v) is 13.4. The number of ether oxygens (including phenoxy) is 1. The van der Waals surface area contributed by atoms with E-state index in [1.165, 1.54) is 0 Å². The Morgan fingerprint density at radius 2 is 2.15 bits per heavy atom. The molecule has 2 aromatic rings. The van der Waals surface area contributed by atoms with Crippen molar-refractivity contribution in [2.45, 2.75) is 33.3 Å². The molecule has 0 aliphatic rings. The molecule has 7 heteroatoms. The van der Waals surface area contributed by atoms with Gasteiger partial charge in [0.05, 0.1) is 16.7 Å². The highest BCUT2D eigenvalue weighted by atomic mass is 79.9. The highest BCUT2D eigenvalue weighted by molar-refractivity contribution is 9.10. The fraction of sp³-hybridized carbons (Fsp3) is 0.385. The van der Waals surface area contributed by atoms with Gasteiger partial charge in [0.2, 0.25) is 5.95 Å². The number of fused-ring (bicyclic) bond motifs is 1. The standard InChI is InChI=1S/C13H17BrN4O2/c1-6-9(15)7(14)5-8-10(6)17-11(16-8)18-12(19)20-13(2,3)4/h5H,15H2,1-4H3,(H2,16,17,18,19). The summed E-state index contributed by atoms with van der Waals surface area (Å²) in [5.41, 5.74) is 8.36. The topological polar surface area (TPSA) is 93.0 Å². The van der Waals surface area contributed by atoms with Crippen LogP contribution in [0, 0.1) is 6.92 Å². The Bertz CT molecular complexity index is 673. The number of aromatic nitrogens is 2. The van der Waals surface area contributed by atoms with Crippen LogP contribution >= 0.6 is 15.9 Å². The van der Waals surface area contributed by atoms with Crippen LogP contribution in [0.1, 0.15) is 26.3 Å². The number of halogens is 1. The fourth-order valence-electron chi connectivity index (χ4n) is 1.75. The summed E-state index contributed by atoms with van der Waals surface area (Å²) >= 11 is 3.38. The molecule has 0 saturated carbocycles. The van der Waals surface area contributed by atoms with Gasteiger partial charge in [0.15, 0.2) is 0 Å². The van der Waals surface area contributed by atoms with E-state index in [4.69, 9.17) is 10.5 Å². The van der Waals surface area contributed by atoms with E-state index in [2.05, 4.69) is 31.2 Å². The van der Waals surface area contributed by atoms with E-state index in [1.54, 1.807) is 20.8 Å². The SMILES string of the molecule is Cc1c(N)c(Br)cc2[nH]c(NC(=O)OC(C)(C)C)nc12. The largest absolute Gasteiger partial charge is 0.444 e. The summed E-state index contributed by atoms with van der Waals surface area (Å²) in [4.78, 5) is 19.0. The van der Waals surface area contributed by atoms with E-state index in [1.807, 2.05) is 13.0 Å². The van der Waals surface area contributed by atoms with Crippen molar-refractivity contribution in [1.82, 2.24) is 9.97 Å². The van der Waals surface area contributed by atoms with Crippen LogP contribution in [0.4, 0.5) is 16.4 Å². The van der Waals surface area contributed by atoms with E-state index in [9.17, 15) is 4.79 Å². The number of carbonyl (C=O) groups excluding carboxylic acids is 1. The van der Waals surface area contributed by atoms with Gasteiger partial charge >= 0.3 is 6.09 Å². The van der Waals surface area contributed by atoms with Crippen molar-refractivity contribution >= 4 is 44.7 Å². The van der Waals surface area contributed by atoms with Crippen LogP contribution in [-0.2, 0) is 4.74 Å². The first-order valence-electron chi connectivity index (χ1n) is 6.11. The smallest absolute Gasteiger partial charge is 0.414 e. The molecule has 0 atom stereocenters. The van der Waals surface area contributed by atoms with E-state index in [0.717, 1.165) is 21.1 Å². The minimum atomic E-state index is -0.556.